The van der Waals surface area contributed by atoms with Crippen LogP contribution < -0.4 is 4.74 Å². The fourth-order valence-corrected chi connectivity index (χ4v) is 3.84. The average Bonchev–Trinajstić information content (AvgIpc) is 3.27. The molecule has 1 atom stereocenters. The van der Waals surface area contributed by atoms with Crippen LogP contribution in [-0.2, 0) is 9.59 Å². The molecular weight excluding hydrogens is 344 g/mol. The first kappa shape index (κ1) is 19.4. The van der Waals surface area contributed by atoms with Crippen LogP contribution >= 0.6 is 0 Å². The van der Waals surface area contributed by atoms with Gasteiger partial charge < -0.3 is 19.6 Å². The Hall–Kier alpha value is -2.34. The number of amides is 1. The summed E-state index contributed by atoms with van der Waals surface area (Å²) in [6, 6.07) is 6.77. The van der Waals surface area contributed by atoms with Gasteiger partial charge in [-0.3, -0.25) is 9.59 Å². The van der Waals surface area contributed by atoms with Gasteiger partial charge in [-0.2, -0.15) is 0 Å². The third-order valence-electron chi connectivity index (χ3n) is 5.38. The van der Waals surface area contributed by atoms with Crippen LogP contribution in [0.15, 0.2) is 35.6 Å². The number of aliphatic hydroxyl groups excluding tert-OH is 1. The van der Waals surface area contributed by atoms with Crippen molar-refractivity contribution >= 4 is 11.7 Å². The van der Waals surface area contributed by atoms with Gasteiger partial charge in [0.15, 0.2) is 11.5 Å². The Labute approximate surface area is 160 Å². The Morgan fingerprint density at radius 2 is 1.81 bits per heavy atom. The molecule has 0 saturated carbocycles. The van der Waals surface area contributed by atoms with E-state index in [1.54, 1.807) is 25.9 Å². The third kappa shape index (κ3) is 3.86. The molecule has 2 aliphatic heterocycles. The lowest BCUT2D eigenvalue weighted by molar-refractivity contribution is -0.129. The molecule has 3 rings (SSSR count). The Bertz CT molecular complexity index is 733. The minimum absolute atomic E-state index is 0.189. The van der Waals surface area contributed by atoms with E-state index in [0.717, 1.165) is 25.2 Å². The monoisotopic (exact) mass is 372 g/mol. The van der Waals surface area contributed by atoms with E-state index < -0.39 is 17.7 Å². The number of hydrogen-bond acceptors (Lipinski definition) is 5. The highest BCUT2D eigenvalue weighted by atomic mass is 16.5. The number of hydrogen-bond donors (Lipinski definition) is 1. The first-order valence-electron chi connectivity index (χ1n) is 9.58. The number of likely N-dealkylation sites (tertiary alicyclic amines) is 1. The molecule has 0 aromatic heterocycles. The maximum absolute atomic E-state index is 12.8. The topological polar surface area (TPSA) is 70.1 Å². The van der Waals surface area contributed by atoms with Crippen molar-refractivity contribution in [2.45, 2.75) is 32.7 Å². The highest BCUT2D eigenvalue weighted by molar-refractivity contribution is 6.09. The van der Waals surface area contributed by atoms with E-state index in [0.29, 0.717) is 12.3 Å². The van der Waals surface area contributed by atoms with Gasteiger partial charge in [0.25, 0.3) is 5.91 Å². The normalized spacial score (nSPS) is 20.8. The molecule has 0 bridgehead atoms. The smallest absolute Gasteiger partial charge is 0.290 e. The molecule has 1 unspecified atom stereocenters. The lowest BCUT2D eigenvalue weighted by Crippen LogP contribution is -2.38. The van der Waals surface area contributed by atoms with Crippen molar-refractivity contribution < 1.29 is 19.4 Å². The maximum Gasteiger partial charge on any atom is 0.290 e. The van der Waals surface area contributed by atoms with Gasteiger partial charge in [0.05, 0.1) is 18.7 Å². The Morgan fingerprint density at radius 3 is 2.37 bits per heavy atom. The molecule has 6 heteroatoms. The summed E-state index contributed by atoms with van der Waals surface area (Å²) in [4.78, 5) is 29.5. The molecule has 2 heterocycles. The number of aliphatic hydroxyl groups is 1. The fourth-order valence-electron chi connectivity index (χ4n) is 3.84. The highest BCUT2D eigenvalue weighted by Crippen LogP contribution is 2.39. The molecule has 27 heavy (non-hydrogen) atoms. The lowest BCUT2D eigenvalue weighted by atomic mass is 9.91. The van der Waals surface area contributed by atoms with Gasteiger partial charge in [0.2, 0.25) is 0 Å². The van der Waals surface area contributed by atoms with E-state index >= 15 is 0 Å². The van der Waals surface area contributed by atoms with Crippen LogP contribution in [0.5, 0.6) is 5.75 Å². The van der Waals surface area contributed by atoms with Gasteiger partial charge in [-0.25, -0.2) is 0 Å². The van der Waals surface area contributed by atoms with E-state index in [1.807, 2.05) is 24.3 Å². The van der Waals surface area contributed by atoms with E-state index in [2.05, 4.69) is 4.90 Å². The number of ether oxygens (including phenoxy) is 1. The standard InChI is InChI=1S/C21H28N2O4/c1-14(2)19(24)17-18(15-6-8-16(27-3)9-7-15)23(21(26)20(17)25)13-12-22-10-4-5-11-22/h6-9,14,18,25H,4-5,10-13H2,1-3H3. The molecule has 146 valence electrons. The third-order valence-corrected chi connectivity index (χ3v) is 5.38. The summed E-state index contributed by atoms with van der Waals surface area (Å²) in [5, 5.41) is 10.5. The largest absolute Gasteiger partial charge is 0.503 e. The Balaban J connectivity index is 1.92. The van der Waals surface area contributed by atoms with E-state index in [9.17, 15) is 14.7 Å². The second-order valence-electron chi connectivity index (χ2n) is 7.50. The van der Waals surface area contributed by atoms with Crippen molar-refractivity contribution in [3.63, 3.8) is 0 Å². The fraction of sp³-hybridized carbons (Fsp3) is 0.524. The van der Waals surface area contributed by atoms with Crippen LogP contribution in [0.2, 0.25) is 0 Å². The molecule has 1 N–H and O–H groups in total. The minimum atomic E-state index is -0.555. The van der Waals surface area contributed by atoms with Crippen LogP contribution in [0, 0.1) is 5.92 Å². The number of carbonyl (C=O) groups excluding carboxylic acids is 2. The van der Waals surface area contributed by atoms with Crippen LogP contribution in [0.25, 0.3) is 0 Å². The van der Waals surface area contributed by atoms with E-state index in [4.69, 9.17) is 4.74 Å². The van der Waals surface area contributed by atoms with Crippen LogP contribution in [-0.4, -0.2) is 59.9 Å². The van der Waals surface area contributed by atoms with Gasteiger partial charge in [0.1, 0.15) is 5.75 Å². The molecule has 0 spiro atoms. The molecule has 0 aliphatic carbocycles. The van der Waals surface area contributed by atoms with E-state index in [1.165, 1.54) is 12.8 Å². The van der Waals surface area contributed by atoms with Gasteiger partial charge in [-0.1, -0.05) is 26.0 Å². The maximum atomic E-state index is 12.8. The molecule has 1 saturated heterocycles. The van der Waals surface area contributed by atoms with Gasteiger partial charge in [0, 0.05) is 19.0 Å². The highest BCUT2D eigenvalue weighted by Gasteiger charge is 2.43. The second kappa shape index (κ2) is 8.13. The van der Waals surface area contributed by atoms with Gasteiger partial charge in [-0.15, -0.1) is 0 Å². The number of rotatable bonds is 7. The van der Waals surface area contributed by atoms with Crippen molar-refractivity contribution in [2.24, 2.45) is 5.92 Å². The molecular formula is C21H28N2O4. The minimum Gasteiger partial charge on any atom is -0.503 e. The average molecular weight is 372 g/mol. The van der Waals surface area contributed by atoms with Gasteiger partial charge >= 0.3 is 0 Å². The number of benzene rings is 1. The number of nitrogens with zero attached hydrogens (tertiary/aromatic N) is 2. The summed E-state index contributed by atoms with van der Waals surface area (Å²) < 4.78 is 5.21. The first-order valence-corrected chi connectivity index (χ1v) is 9.58. The number of ketones is 1. The van der Waals surface area contributed by atoms with Crippen molar-refractivity contribution in [1.29, 1.82) is 0 Å². The van der Waals surface area contributed by atoms with Crippen molar-refractivity contribution in [1.82, 2.24) is 9.80 Å². The summed E-state index contributed by atoms with van der Waals surface area (Å²) in [5.41, 5.74) is 1.01. The SMILES string of the molecule is COc1ccc(C2C(C(=O)C(C)C)=C(O)C(=O)N2CCN2CCCC2)cc1. The molecule has 6 nitrogen and oxygen atoms in total. The Kier molecular flexibility index (Phi) is 5.85. The van der Waals surface area contributed by atoms with Crippen LogP contribution in [0.4, 0.5) is 0 Å². The zero-order valence-corrected chi connectivity index (χ0v) is 16.3. The number of Topliss-reactive ketones (excluding diaryl/α,β-unsaturated/α-hetero) is 1. The van der Waals surface area contributed by atoms with E-state index in [-0.39, 0.29) is 17.3 Å². The quantitative estimate of drug-likeness (QED) is 0.797. The summed E-state index contributed by atoms with van der Waals surface area (Å²) in [6.45, 7) is 6.86. The predicted molar refractivity (Wildman–Crippen MR) is 103 cm³/mol. The summed E-state index contributed by atoms with van der Waals surface area (Å²) in [5.74, 6) is -0.647. The molecule has 1 fully saturated rings. The number of methoxy groups -OCH3 is 1. The first-order chi connectivity index (χ1) is 12.9. The molecule has 1 aromatic carbocycles. The molecule has 1 aromatic rings. The predicted octanol–water partition coefficient (Wildman–Crippen LogP) is 2.71. The van der Waals surface area contributed by atoms with Crippen molar-refractivity contribution in [2.75, 3.05) is 33.3 Å². The lowest BCUT2D eigenvalue weighted by Gasteiger charge is -2.29. The molecule has 0 radical (unpaired) electrons. The Morgan fingerprint density at radius 1 is 1.19 bits per heavy atom. The van der Waals surface area contributed by atoms with Crippen molar-refractivity contribution in [3.05, 3.63) is 41.2 Å². The van der Waals surface area contributed by atoms with Crippen LogP contribution in [0.3, 0.4) is 0 Å². The molecule has 1 amide bonds. The van der Waals surface area contributed by atoms with Gasteiger partial charge in [-0.05, 0) is 43.6 Å². The van der Waals surface area contributed by atoms with Crippen LogP contribution in [0.1, 0.15) is 38.3 Å². The van der Waals surface area contributed by atoms with Crippen molar-refractivity contribution in [3.8, 4) is 5.75 Å². The zero-order chi connectivity index (χ0) is 19.6. The summed E-state index contributed by atoms with van der Waals surface area (Å²) in [7, 11) is 1.59. The zero-order valence-electron chi connectivity index (χ0n) is 16.3. The summed E-state index contributed by atoms with van der Waals surface area (Å²) >= 11 is 0. The number of carbonyl (C=O) groups is 2. The second-order valence-corrected chi connectivity index (χ2v) is 7.50. The molecule has 2 aliphatic rings. The summed E-state index contributed by atoms with van der Waals surface area (Å²) in [6.07, 6.45) is 2.35.